The Morgan fingerprint density at radius 2 is 2.24 bits per heavy atom. The van der Waals surface area contributed by atoms with Crippen molar-refractivity contribution in [2.75, 3.05) is 18.2 Å². The second kappa shape index (κ2) is 5.06. The van der Waals surface area contributed by atoms with Crippen molar-refractivity contribution < 1.29 is 14.1 Å². The van der Waals surface area contributed by atoms with E-state index < -0.39 is 5.91 Å². The first-order valence-electron chi connectivity index (χ1n) is 6.05. The molecule has 108 valence electrons. The summed E-state index contributed by atoms with van der Waals surface area (Å²) >= 11 is 1.31. The Morgan fingerprint density at radius 1 is 1.43 bits per heavy atom. The number of anilines is 2. The molecule has 0 aliphatic carbocycles. The largest absolute Gasteiger partial charge is 0.494 e. The van der Waals surface area contributed by atoms with Crippen molar-refractivity contribution >= 4 is 38.3 Å². The van der Waals surface area contributed by atoms with Gasteiger partial charge in [-0.05, 0) is 13.0 Å². The summed E-state index contributed by atoms with van der Waals surface area (Å²) in [6, 6.07) is 5.03. The number of hydrogen-bond acceptors (Lipinski definition) is 7. The van der Waals surface area contributed by atoms with Gasteiger partial charge in [0.25, 0.3) is 5.91 Å². The average Bonchev–Trinajstić information content (AvgIpc) is 3.03. The third kappa shape index (κ3) is 2.52. The molecule has 0 fully saturated rings. The number of carbonyl (C=O) groups is 1. The van der Waals surface area contributed by atoms with Gasteiger partial charge in [-0.25, -0.2) is 4.98 Å². The Kier molecular flexibility index (Phi) is 3.22. The zero-order valence-corrected chi connectivity index (χ0v) is 12.2. The van der Waals surface area contributed by atoms with Crippen molar-refractivity contribution in [3.8, 4) is 5.75 Å². The van der Waals surface area contributed by atoms with Crippen molar-refractivity contribution in [3.05, 3.63) is 29.7 Å². The number of methoxy groups -OCH3 is 1. The van der Waals surface area contributed by atoms with Crippen LogP contribution in [-0.4, -0.2) is 23.2 Å². The van der Waals surface area contributed by atoms with E-state index in [4.69, 9.17) is 15.0 Å². The Bertz CT molecular complexity index is 824. The van der Waals surface area contributed by atoms with Crippen LogP contribution in [0, 0.1) is 6.92 Å². The molecule has 8 heteroatoms. The average molecular weight is 304 g/mol. The van der Waals surface area contributed by atoms with Crippen LogP contribution in [-0.2, 0) is 0 Å². The topological polar surface area (TPSA) is 103 Å². The fourth-order valence-electron chi connectivity index (χ4n) is 1.86. The predicted octanol–water partition coefficient (Wildman–Crippen LogP) is 2.44. The van der Waals surface area contributed by atoms with Crippen molar-refractivity contribution in [2.45, 2.75) is 6.92 Å². The molecule has 1 aromatic carbocycles. The molecule has 0 saturated heterocycles. The Morgan fingerprint density at radius 3 is 2.90 bits per heavy atom. The molecule has 0 aliphatic rings. The number of fused-ring (bicyclic) bond motifs is 1. The number of aromatic nitrogens is 2. The third-order valence-electron chi connectivity index (χ3n) is 2.77. The molecule has 21 heavy (non-hydrogen) atoms. The van der Waals surface area contributed by atoms with E-state index in [1.54, 1.807) is 32.2 Å². The Labute approximate surface area is 123 Å². The van der Waals surface area contributed by atoms with Crippen LogP contribution in [0.1, 0.15) is 16.2 Å². The van der Waals surface area contributed by atoms with Crippen LogP contribution in [0.5, 0.6) is 5.75 Å². The van der Waals surface area contributed by atoms with Gasteiger partial charge < -0.3 is 15.0 Å². The highest BCUT2D eigenvalue weighted by atomic mass is 32.1. The maximum atomic E-state index is 12.0. The van der Waals surface area contributed by atoms with Gasteiger partial charge in [0.15, 0.2) is 5.13 Å². The van der Waals surface area contributed by atoms with E-state index in [9.17, 15) is 4.79 Å². The summed E-state index contributed by atoms with van der Waals surface area (Å²) in [5.74, 6) is 0.303. The van der Waals surface area contributed by atoms with Crippen molar-refractivity contribution in [1.29, 1.82) is 0 Å². The number of hydrogen-bond donors (Lipinski definition) is 2. The van der Waals surface area contributed by atoms with Crippen LogP contribution in [0.25, 0.3) is 10.2 Å². The van der Waals surface area contributed by atoms with E-state index in [0.29, 0.717) is 27.8 Å². The number of thiazole rings is 1. The monoisotopic (exact) mass is 304 g/mol. The smallest absolute Gasteiger partial charge is 0.296 e. The highest BCUT2D eigenvalue weighted by Crippen LogP contribution is 2.34. The number of ether oxygens (including phenoxy) is 1. The van der Waals surface area contributed by atoms with Gasteiger partial charge in [-0.15, -0.1) is 0 Å². The molecule has 0 spiro atoms. The minimum Gasteiger partial charge on any atom is -0.494 e. The fraction of sp³-hybridized carbons (Fsp3) is 0.154. The van der Waals surface area contributed by atoms with Crippen LogP contribution in [0.15, 0.2) is 22.7 Å². The molecule has 3 N–H and O–H groups in total. The van der Waals surface area contributed by atoms with E-state index in [-0.39, 0.29) is 5.76 Å². The van der Waals surface area contributed by atoms with Gasteiger partial charge in [-0.3, -0.25) is 10.1 Å². The summed E-state index contributed by atoms with van der Waals surface area (Å²) in [6.07, 6.45) is 0. The molecular weight excluding hydrogens is 292 g/mol. The number of nitrogens with one attached hydrogen (secondary N) is 1. The highest BCUT2D eigenvalue weighted by Gasteiger charge is 2.16. The standard InChI is InChI=1S/C13H12N4O3S/c1-6-3-9(20-17-6)12(18)16-13-15-11-8(19-2)4-7(14)5-10(11)21-13/h3-5H,14H2,1-2H3,(H,15,16,18). The van der Waals surface area contributed by atoms with E-state index >= 15 is 0 Å². The maximum Gasteiger partial charge on any atom is 0.296 e. The van der Waals surface area contributed by atoms with Gasteiger partial charge in [0.1, 0.15) is 11.3 Å². The summed E-state index contributed by atoms with van der Waals surface area (Å²) in [4.78, 5) is 16.3. The SMILES string of the molecule is COc1cc(N)cc2sc(NC(=O)c3cc(C)no3)nc12. The minimum absolute atomic E-state index is 0.137. The molecule has 0 radical (unpaired) electrons. The van der Waals surface area contributed by atoms with E-state index in [1.165, 1.54) is 11.3 Å². The number of nitrogens with zero attached hydrogens (tertiary/aromatic N) is 2. The summed E-state index contributed by atoms with van der Waals surface area (Å²) in [6.45, 7) is 1.74. The number of amides is 1. The van der Waals surface area contributed by atoms with Gasteiger partial charge in [-0.1, -0.05) is 16.5 Å². The molecule has 0 aliphatic heterocycles. The second-order valence-corrected chi connectivity index (χ2v) is 5.41. The summed E-state index contributed by atoms with van der Waals surface area (Å²) in [5, 5.41) is 6.78. The molecule has 1 amide bonds. The molecule has 3 rings (SSSR count). The normalized spacial score (nSPS) is 10.8. The van der Waals surface area contributed by atoms with E-state index in [1.807, 2.05) is 0 Å². The van der Waals surface area contributed by atoms with Crippen LogP contribution in [0.4, 0.5) is 10.8 Å². The molecule has 0 saturated carbocycles. The predicted molar refractivity (Wildman–Crippen MR) is 79.8 cm³/mol. The number of carbonyl (C=O) groups excluding carboxylic acids is 1. The lowest BCUT2D eigenvalue weighted by Gasteiger charge is -2.01. The van der Waals surface area contributed by atoms with Gasteiger partial charge in [0.05, 0.1) is 17.5 Å². The lowest BCUT2D eigenvalue weighted by atomic mass is 10.3. The molecular formula is C13H12N4O3S. The maximum absolute atomic E-state index is 12.0. The first-order valence-corrected chi connectivity index (χ1v) is 6.87. The summed E-state index contributed by atoms with van der Waals surface area (Å²) in [5.41, 5.74) is 7.66. The van der Waals surface area contributed by atoms with Crippen LogP contribution >= 0.6 is 11.3 Å². The number of nitrogen functional groups attached to an aromatic ring is 1. The van der Waals surface area contributed by atoms with Crippen LogP contribution in [0.2, 0.25) is 0 Å². The molecule has 0 bridgehead atoms. The number of nitrogens with two attached hydrogens (primary N) is 1. The van der Waals surface area contributed by atoms with Crippen molar-refractivity contribution in [2.24, 2.45) is 0 Å². The van der Waals surface area contributed by atoms with Gasteiger partial charge in [0, 0.05) is 17.8 Å². The van der Waals surface area contributed by atoms with Gasteiger partial charge in [0.2, 0.25) is 5.76 Å². The molecule has 2 heterocycles. The van der Waals surface area contributed by atoms with Crippen molar-refractivity contribution in [3.63, 3.8) is 0 Å². The molecule has 0 atom stereocenters. The zero-order valence-electron chi connectivity index (χ0n) is 11.3. The first-order chi connectivity index (χ1) is 10.1. The fourth-order valence-corrected chi connectivity index (χ4v) is 2.78. The quantitative estimate of drug-likeness (QED) is 0.720. The van der Waals surface area contributed by atoms with Crippen LogP contribution < -0.4 is 15.8 Å². The lowest BCUT2D eigenvalue weighted by molar-refractivity contribution is 0.0988. The van der Waals surface area contributed by atoms with Crippen molar-refractivity contribution in [1.82, 2.24) is 10.1 Å². The molecule has 3 aromatic rings. The number of benzene rings is 1. The molecule has 0 unspecified atom stereocenters. The molecule has 7 nitrogen and oxygen atoms in total. The number of aryl methyl sites for hydroxylation is 1. The molecule has 2 aromatic heterocycles. The summed E-state index contributed by atoms with van der Waals surface area (Å²) in [7, 11) is 1.54. The minimum atomic E-state index is -0.401. The van der Waals surface area contributed by atoms with E-state index in [0.717, 1.165) is 4.70 Å². The highest BCUT2D eigenvalue weighted by molar-refractivity contribution is 7.22. The van der Waals surface area contributed by atoms with Gasteiger partial charge >= 0.3 is 0 Å². The van der Waals surface area contributed by atoms with E-state index in [2.05, 4.69) is 15.5 Å². The number of rotatable bonds is 3. The zero-order chi connectivity index (χ0) is 15.0. The van der Waals surface area contributed by atoms with Gasteiger partial charge in [-0.2, -0.15) is 0 Å². The Balaban J connectivity index is 1.93. The van der Waals surface area contributed by atoms with Crippen LogP contribution in [0.3, 0.4) is 0 Å². The summed E-state index contributed by atoms with van der Waals surface area (Å²) < 4.78 is 11.0. The second-order valence-electron chi connectivity index (χ2n) is 4.38. The Hall–Kier alpha value is -2.61. The first kappa shape index (κ1) is 13.4. The lowest BCUT2D eigenvalue weighted by Crippen LogP contribution is -2.10. The third-order valence-corrected chi connectivity index (χ3v) is 3.69.